The van der Waals surface area contributed by atoms with E-state index >= 15 is 0 Å². The fourth-order valence-corrected chi connectivity index (χ4v) is 0. The maximum absolute atomic E-state index is 8.25. The van der Waals surface area contributed by atoms with Gasteiger partial charge >= 0.3 is 292 Å². The largest absolute Gasteiger partial charge is 3.00 e. The smallest absolute Gasteiger partial charge is 0.693 e. The first kappa shape index (κ1) is 185. The molecule has 0 unspecified atom stereocenters. The molecule has 0 saturated carbocycles. The SMILES string of the molecule is O=[N+]([O-])[O-].O=[N+]([O-])[O-].O=[N+]([O-])[O-].O=[N+]([O-])[O-].O=[N+]([O-])[O-].O=[N+]([O-])[O-].O=[N+]([O-])[O-].O=[N+]([O-])[O-].O=[N+]([O-])[O-].O=[N+]([O-])[O-].O=[N+]([O-])[O-].O=[N+]([O-])[O-].O=[N+]([O-])[O-].O=[N+]([O-])[O-].O=[N+]([O-])[O-].O=[N+]([O-])[O-].O=[N+]([O-])[O-].O=[N+]([O-])[O-].[Ce+3].[Ce+3].[Ce+3].[Ce+3].[Ce+3].[Ce+3].[Ce+3].[NH2-].[NH2-].[NH2-]. The van der Waals surface area contributed by atoms with Crippen LogP contribution in [0.15, 0.2) is 0 Å². The predicted molar refractivity (Wildman–Crippen MR) is 202 cm³/mol. The molecule has 0 aliphatic rings. The Bertz CT molecular complexity index is 963. The Morgan fingerprint density at radius 1 is 0.0976 bits per heavy atom. The van der Waals surface area contributed by atoms with E-state index in [0.717, 1.165) is 0 Å². The van der Waals surface area contributed by atoms with Crippen molar-refractivity contribution in [3.8, 4) is 0 Å². The fraction of sp³-hybridized carbons (Fsp3) is 0. The second kappa shape index (κ2) is 178. The van der Waals surface area contributed by atoms with Crippen LogP contribution < -0.4 is 0 Å². The van der Waals surface area contributed by atoms with Crippen molar-refractivity contribution in [3.05, 3.63) is 294 Å². The van der Waals surface area contributed by atoms with Gasteiger partial charge in [-0.25, -0.2) is 0 Å². The third-order valence-electron chi connectivity index (χ3n) is 0. The first-order valence-corrected chi connectivity index (χ1v) is 9.86. The zero-order chi connectivity index (χ0) is 64.4. The van der Waals surface area contributed by atoms with Gasteiger partial charge in [0.05, 0.1) is 91.6 Å². The molecule has 0 aliphatic heterocycles. The molecule has 6 N–H and O–H groups in total. The first-order valence-electron chi connectivity index (χ1n) is 9.86. The number of hydrogen-bond donors (Lipinski definition) is 0. The molecule has 75 nitrogen and oxygen atoms in total. The summed E-state index contributed by atoms with van der Waals surface area (Å²) in [5.41, 5.74) is 0. The van der Waals surface area contributed by atoms with E-state index in [2.05, 4.69) is 0 Å². The molecule has 0 spiro atoms. The summed E-state index contributed by atoms with van der Waals surface area (Å²) >= 11 is 0. The van der Waals surface area contributed by atoms with Gasteiger partial charge in [0.1, 0.15) is 0 Å². The second-order valence-electron chi connectivity index (χ2n) is 4.02. The van der Waals surface area contributed by atoms with Crippen LogP contribution in [0.25, 0.3) is 18.5 Å². The van der Waals surface area contributed by atoms with E-state index < -0.39 is 91.6 Å². The average Bonchev–Trinajstić information content (AvgIpc) is 2.91. The standard InChI is InChI=1S/7Ce.18NO3.3H2N/c;;;;;;;18*2-1(3)4;;;/h;;;;;;;;;;;;;;;;;;;;;;;;;3*1H2/q7*+3;21*-1. The van der Waals surface area contributed by atoms with Gasteiger partial charge in [-0.15, -0.1) is 0 Å². The predicted octanol–water partition coefficient (Wildman–Crippen LogP) is -2.15. The fourth-order valence-electron chi connectivity index (χ4n) is 0. The van der Waals surface area contributed by atoms with E-state index in [0.29, 0.717) is 0 Å². The van der Waals surface area contributed by atoms with Gasteiger partial charge in [-0.1, -0.05) is 0 Å². The zero-order valence-electron chi connectivity index (χ0n) is 35.3. The van der Waals surface area contributed by atoms with Gasteiger partial charge in [0.15, 0.2) is 0 Å². The quantitative estimate of drug-likeness (QED) is 0.184. The van der Waals surface area contributed by atoms with Crippen molar-refractivity contribution in [2.24, 2.45) is 0 Å². The molecular formula is H6Ce7N21O54. The average molecular weight is 2140 g/mol. The molecule has 0 fully saturated rings. The first-order chi connectivity index (χ1) is 31.2. The maximum atomic E-state index is 8.25. The van der Waals surface area contributed by atoms with Crippen LogP contribution in [-0.4, -0.2) is 91.6 Å². The van der Waals surface area contributed by atoms with Gasteiger partial charge in [-0.2, -0.15) is 0 Å². The molecule has 0 saturated heterocycles. The topological polar surface area (TPSA) is 1290 Å². The molecule has 0 aromatic heterocycles. The Morgan fingerprint density at radius 2 is 0.0976 bits per heavy atom. The van der Waals surface area contributed by atoms with E-state index in [4.69, 9.17) is 276 Å². The number of nitrogens with two attached hydrogens (primary N) is 3. The molecule has 0 bridgehead atoms. The third-order valence-corrected chi connectivity index (χ3v) is 0. The summed E-state index contributed by atoms with van der Waals surface area (Å²) in [6.07, 6.45) is 0. The Morgan fingerprint density at radius 3 is 0.0976 bits per heavy atom. The van der Waals surface area contributed by atoms with Gasteiger partial charge in [0, 0.05) is 0 Å². The van der Waals surface area contributed by atoms with Gasteiger partial charge < -0.3 is 294 Å². The van der Waals surface area contributed by atoms with E-state index in [9.17, 15) is 0 Å². The molecule has 0 aromatic carbocycles. The minimum atomic E-state index is -1.75. The van der Waals surface area contributed by atoms with Gasteiger partial charge in [-0.05, 0) is 0 Å². The van der Waals surface area contributed by atoms with Gasteiger partial charge in [0.25, 0.3) is 0 Å². The number of hydrogen-bond acceptors (Lipinski definition) is 54. The summed E-state index contributed by atoms with van der Waals surface area (Å²) < 4.78 is 0. The monoisotopic (exact) mass is 2140 g/mol. The molecule has 82 heavy (non-hydrogen) atoms. The summed E-state index contributed by atoms with van der Waals surface area (Å²) in [7, 11) is 0. The maximum Gasteiger partial charge on any atom is 3.00 e. The van der Waals surface area contributed by atoms with Crippen LogP contribution in [0.5, 0.6) is 0 Å². The second-order valence-corrected chi connectivity index (χ2v) is 4.02. The normalized spacial score (nSPS) is 5.27. The van der Waals surface area contributed by atoms with E-state index in [1.807, 2.05) is 0 Å². The van der Waals surface area contributed by atoms with Crippen LogP contribution in [0.3, 0.4) is 0 Å². The minimum Gasteiger partial charge on any atom is -0.693 e. The summed E-state index contributed by atoms with van der Waals surface area (Å²) in [4.78, 5) is 148. The molecule has 82 heteroatoms. The van der Waals surface area contributed by atoms with Crippen molar-refractivity contribution < 1.29 is 384 Å². The Balaban J connectivity index is -0.0000000144. The Kier molecular flexibility index (Phi) is 402. The van der Waals surface area contributed by atoms with Crippen molar-refractivity contribution in [3.63, 3.8) is 0 Å². The van der Waals surface area contributed by atoms with Gasteiger partial charge in [-0.3, -0.25) is 0 Å². The molecule has 0 aromatic rings. The Hall–Kier alpha value is -4.88. The molecule has 463 valence electrons. The minimum absolute atomic E-state index is 0. The zero-order valence-corrected chi connectivity index (χ0v) is 57.3. The van der Waals surface area contributed by atoms with Gasteiger partial charge in [0.2, 0.25) is 0 Å². The van der Waals surface area contributed by atoms with Crippen LogP contribution in [0.4, 0.5) is 0 Å². The van der Waals surface area contributed by atoms with Crippen molar-refractivity contribution >= 4 is 0 Å². The van der Waals surface area contributed by atoms with Crippen molar-refractivity contribution in [2.75, 3.05) is 0 Å². The molecule has 0 atom stereocenters. The van der Waals surface area contributed by atoms with E-state index in [1.165, 1.54) is 0 Å². The molecular weight excluding hydrogens is 2140 g/mol. The summed E-state index contributed by atoms with van der Waals surface area (Å²) in [6.45, 7) is 0. The van der Waals surface area contributed by atoms with Crippen molar-refractivity contribution in [2.45, 2.75) is 0 Å². The van der Waals surface area contributed by atoms with E-state index in [1.54, 1.807) is 0 Å². The molecule has 0 amide bonds. The molecule has 0 heterocycles. The molecule has 0 rings (SSSR count). The van der Waals surface area contributed by atoms with Crippen molar-refractivity contribution in [1.82, 2.24) is 0 Å². The number of nitrogens with zero attached hydrogens (tertiary/aromatic N) is 18. The van der Waals surface area contributed by atoms with E-state index in [-0.39, 0.29) is 311 Å². The third kappa shape index (κ3) is 17300. The van der Waals surface area contributed by atoms with Crippen LogP contribution in [0.1, 0.15) is 0 Å². The van der Waals surface area contributed by atoms with Crippen LogP contribution >= 0.6 is 0 Å². The number of rotatable bonds is 0. The van der Waals surface area contributed by atoms with Crippen LogP contribution in [-0.2, 0) is 0 Å². The van der Waals surface area contributed by atoms with Crippen LogP contribution in [0.2, 0.25) is 0 Å². The van der Waals surface area contributed by atoms with Crippen molar-refractivity contribution in [1.29, 1.82) is 0 Å². The van der Waals surface area contributed by atoms with Crippen LogP contribution in [0, 0.1) is 568 Å². The Labute approximate surface area is 666 Å². The molecule has 0 aliphatic carbocycles. The summed E-state index contributed by atoms with van der Waals surface area (Å²) in [6, 6.07) is 0. The summed E-state index contributed by atoms with van der Waals surface area (Å²) in [5, 5.41) is 266. The molecule has 7 radical (unpaired) electrons. The summed E-state index contributed by atoms with van der Waals surface area (Å²) in [5.74, 6) is 0.